The third-order valence-corrected chi connectivity index (χ3v) is 8.61. The molecule has 0 aromatic carbocycles. The molecule has 7 nitrogen and oxygen atoms in total. The number of fused-ring (bicyclic) bond motifs is 1. The van der Waals surface area contributed by atoms with Gasteiger partial charge in [0.1, 0.15) is 11.9 Å². The molecule has 0 aliphatic heterocycles. The highest BCUT2D eigenvalue weighted by Gasteiger charge is 2.36. The van der Waals surface area contributed by atoms with E-state index in [4.69, 9.17) is 4.43 Å². The van der Waals surface area contributed by atoms with E-state index < -0.39 is 13.2 Å². The molecule has 0 aliphatic carbocycles. The fraction of sp³-hybridized carbons (Fsp3) is 0.467. The summed E-state index contributed by atoms with van der Waals surface area (Å²) < 4.78 is 5.97. The topological polar surface area (TPSA) is 93.9 Å². The molecule has 1 N–H and O–H groups in total. The van der Waals surface area contributed by atoms with Gasteiger partial charge in [-0.15, -0.1) is 0 Å². The minimum absolute atomic E-state index is 0.0838. The molecule has 8 heteroatoms. The van der Waals surface area contributed by atoms with Crippen molar-refractivity contribution in [3.8, 4) is 11.8 Å². The second kappa shape index (κ2) is 6.10. The first-order valence-corrected chi connectivity index (χ1v) is 10.1. The van der Waals surface area contributed by atoms with Crippen molar-refractivity contribution in [2.24, 2.45) is 0 Å². The first kappa shape index (κ1) is 17.1. The van der Waals surface area contributed by atoms with Gasteiger partial charge in [0.15, 0.2) is 14.0 Å². The Morgan fingerprint density at radius 2 is 2.13 bits per heavy atom. The van der Waals surface area contributed by atoms with Gasteiger partial charge in [0.25, 0.3) is 5.69 Å². The van der Waals surface area contributed by atoms with Gasteiger partial charge in [-0.1, -0.05) is 26.7 Å². The number of rotatable bonds is 3. The zero-order valence-electron chi connectivity index (χ0n) is 13.9. The summed E-state index contributed by atoms with van der Waals surface area (Å²) in [4.78, 5) is 14.3. The van der Waals surface area contributed by atoms with Gasteiger partial charge in [0, 0.05) is 6.07 Å². The maximum absolute atomic E-state index is 10.8. The molecular formula is C15H20N4O3Si. The van der Waals surface area contributed by atoms with Crippen LogP contribution in [0.15, 0.2) is 12.3 Å². The lowest BCUT2D eigenvalue weighted by Crippen LogP contribution is -2.40. The van der Waals surface area contributed by atoms with E-state index in [1.54, 1.807) is 0 Å². The van der Waals surface area contributed by atoms with Crippen molar-refractivity contribution in [2.75, 3.05) is 6.61 Å². The summed E-state index contributed by atoms with van der Waals surface area (Å²) in [6.45, 7) is 11.1. The zero-order valence-corrected chi connectivity index (χ0v) is 14.9. The average molecular weight is 332 g/mol. The van der Waals surface area contributed by atoms with Crippen LogP contribution in [0.1, 0.15) is 26.5 Å². The Bertz CT molecular complexity index is 796. The molecule has 2 aromatic rings. The predicted molar refractivity (Wildman–Crippen MR) is 90.6 cm³/mol. The molecule has 2 heterocycles. The highest BCUT2D eigenvalue weighted by molar-refractivity contribution is 6.74. The van der Waals surface area contributed by atoms with Crippen molar-refractivity contribution in [3.63, 3.8) is 0 Å². The number of nitrogens with zero attached hydrogens (tertiary/aromatic N) is 3. The Labute approximate surface area is 135 Å². The second-order valence-electron chi connectivity index (χ2n) is 6.77. The molecule has 0 bridgehead atoms. The number of nitrogens with one attached hydrogen (secondary N) is 1. The number of hydrogen-bond donors (Lipinski definition) is 1. The molecule has 0 saturated heterocycles. The van der Waals surface area contributed by atoms with Gasteiger partial charge in [0.05, 0.1) is 16.9 Å². The Balaban J connectivity index is 2.17. The molecule has 0 unspecified atom stereocenters. The molecule has 2 rings (SSSR count). The number of H-pyrrole nitrogens is 1. The lowest BCUT2D eigenvalue weighted by atomic mass is 10.2. The molecule has 2 aromatic heterocycles. The Kier molecular flexibility index (Phi) is 4.54. The standard InChI is InChI=1S/C15H20N4O3Si/c1-15(2,3)23(4,5)22-8-6-7-13-12-9-11(19(20)21)10-16-14(12)18-17-13/h9-10H,8H2,1-5H3,(H,16,17,18). The van der Waals surface area contributed by atoms with Crippen LogP contribution < -0.4 is 0 Å². The summed E-state index contributed by atoms with van der Waals surface area (Å²) in [7, 11) is -1.83. The molecule has 0 fully saturated rings. The van der Waals surface area contributed by atoms with E-state index in [1.165, 1.54) is 12.3 Å². The Hall–Kier alpha value is -2.24. The van der Waals surface area contributed by atoms with E-state index in [2.05, 4.69) is 60.9 Å². The van der Waals surface area contributed by atoms with Crippen molar-refractivity contribution in [1.82, 2.24) is 15.2 Å². The van der Waals surface area contributed by atoms with E-state index in [0.717, 1.165) is 0 Å². The van der Waals surface area contributed by atoms with E-state index in [-0.39, 0.29) is 10.7 Å². The smallest absolute Gasteiger partial charge is 0.288 e. The fourth-order valence-electron chi connectivity index (χ4n) is 1.64. The van der Waals surface area contributed by atoms with Crippen LogP contribution in [-0.4, -0.2) is 35.0 Å². The monoisotopic (exact) mass is 332 g/mol. The van der Waals surface area contributed by atoms with Crippen molar-refractivity contribution in [2.45, 2.75) is 38.9 Å². The van der Waals surface area contributed by atoms with Crippen molar-refractivity contribution < 1.29 is 9.35 Å². The first-order valence-electron chi connectivity index (χ1n) is 7.23. The van der Waals surface area contributed by atoms with Gasteiger partial charge in [-0.25, -0.2) is 4.98 Å². The van der Waals surface area contributed by atoms with E-state index in [0.29, 0.717) is 23.3 Å². The van der Waals surface area contributed by atoms with E-state index >= 15 is 0 Å². The molecule has 122 valence electrons. The molecule has 0 aliphatic rings. The van der Waals surface area contributed by atoms with Gasteiger partial charge in [-0.3, -0.25) is 15.2 Å². The summed E-state index contributed by atoms with van der Waals surface area (Å²) >= 11 is 0. The van der Waals surface area contributed by atoms with Crippen LogP contribution in [0.25, 0.3) is 11.0 Å². The lowest BCUT2D eigenvalue weighted by Gasteiger charge is -2.35. The maximum atomic E-state index is 10.8. The van der Waals surface area contributed by atoms with Crippen LogP contribution >= 0.6 is 0 Å². The van der Waals surface area contributed by atoms with E-state index in [9.17, 15) is 10.1 Å². The van der Waals surface area contributed by atoms with Crippen molar-refractivity contribution in [3.05, 3.63) is 28.1 Å². The predicted octanol–water partition coefficient (Wildman–Crippen LogP) is 3.24. The minimum atomic E-state index is -1.83. The third kappa shape index (κ3) is 3.75. The highest BCUT2D eigenvalue weighted by Crippen LogP contribution is 2.36. The van der Waals surface area contributed by atoms with Gasteiger partial charge < -0.3 is 4.43 Å². The van der Waals surface area contributed by atoms with Gasteiger partial charge in [-0.05, 0) is 24.1 Å². The molecule has 0 spiro atoms. The Morgan fingerprint density at radius 3 is 2.74 bits per heavy atom. The largest absolute Gasteiger partial charge is 0.406 e. The van der Waals surface area contributed by atoms with Crippen molar-refractivity contribution in [1.29, 1.82) is 0 Å². The van der Waals surface area contributed by atoms with Crippen LogP contribution in [-0.2, 0) is 4.43 Å². The molecule has 0 radical (unpaired) electrons. The first-order chi connectivity index (χ1) is 10.6. The van der Waals surface area contributed by atoms with Crippen molar-refractivity contribution >= 4 is 25.0 Å². The SMILES string of the molecule is CC(C)(C)[Si](C)(C)OCC#Cc1[nH]nc2ncc([N+](=O)[O-])cc12. The summed E-state index contributed by atoms with van der Waals surface area (Å²) in [5.41, 5.74) is 0.833. The highest BCUT2D eigenvalue weighted by atomic mass is 28.4. The number of nitro groups is 1. The molecule has 23 heavy (non-hydrogen) atoms. The third-order valence-electron chi connectivity index (χ3n) is 4.13. The molecule has 0 amide bonds. The lowest BCUT2D eigenvalue weighted by molar-refractivity contribution is -0.385. The normalized spacial score (nSPS) is 12.0. The second-order valence-corrected chi connectivity index (χ2v) is 11.6. The quantitative estimate of drug-likeness (QED) is 0.403. The Morgan fingerprint density at radius 1 is 1.43 bits per heavy atom. The van der Waals surface area contributed by atoms with Crippen LogP contribution in [0.5, 0.6) is 0 Å². The average Bonchev–Trinajstić information content (AvgIpc) is 2.84. The zero-order chi connectivity index (χ0) is 17.3. The summed E-state index contributed by atoms with van der Waals surface area (Å²) in [5, 5.41) is 18.2. The molecule has 0 atom stereocenters. The van der Waals surface area contributed by atoms with Gasteiger partial charge in [-0.2, -0.15) is 5.10 Å². The van der Waals surface area contributed by atoms with Crippen LogP contribution in [0.2, 0.25) is 18.1 Å². The minimum Gasteiger partial charge on any atom is -0.406 e. The molecule has 0 saturated carbocycles. The summed E-state index contributed by atoms with van der Waals surface area (Å²) in [6, 6.07) is 1.42. The summed E-state index contributed by atoms with van der Waals surface area (Å²) in [6.07, 6.45) is 1.18. The maximum Gasteiger partial charge on any atom is 0.288 e. The van der Waals surface area contributed by atoms with Gasteiger partial charge in [0.2, 0.25) is 0 Å². The number of aromatic nitrogens is 3. The van der Waals surface area contributed by atoms with E-state index in [1.807, 2.05) is 0 Å². The number of aromatic amines is 1. The summed E-state index contributed by atoms with van der Waals surface area (Å²) in [5.74, 6) is 5.87. The number of pyridine rings is 1. The van der Waals surface area contributed by atoms with Crippen LogP contribution in [0, 0.1) is 22.0 Å². The molecular weight excluding hydrogens is 312 g/mol. The van der Waals surface area contributed by atoms with Gasteiger partial charge >= 0.3 is 0 Å². The fourth-order valence-corrected chi connectivity index (χ4v) is 2.51. The van der Waals surface area contributed by atoms with Crippen LogP contribution in [0.4, 0.5) is 5.69 Å². The number of hydrogen-bond acceptors (Lipinski definition) is 5. The van der Waals surface area contributed by atoms with Crippen LogP contribution in [0.3, 0.4) is 0 Å².